The Bertz CT molecular complexity index is 829. The number of carbonyl (C=O) groups excluding carboxylic acids is 1. The van der Waals surface area contributed by atoms with Crippen molar-refractivity contribution in [2.75, 3.05) is 37.7 Å². The Morgan fingerprint density at radius 2 is 2.04 bits per heavy atom. The lowest BCUT2D eigenvalue weighted by Gasteiger charge is -2.47. The summed E-state index contributed by atoms with van der Waals surface area (Å²) in [7, 11) is 0. The van der Waals surface area contributed by atoms with E-state index in [9.17, 15) is 10.1 Å². The van der Waals surface area contributed by atoms with Crippen molar-refractivity contribution < 1.29 is 9.53 Å². The minimum Gasteiger partial charge on any atom is -0.378 e. The summed E-state index contributed by atoms with van der Waals surface area (Å²) in [6.07, 6.45) is 2.84. The lowest BCUT2D eigenvalue weighted by Crippen LogP contribution is -2.48. The van der Waals surface area contributed by atoms with Crippen LogP contribution in [0.25, 0.3) is 6.08 Å². The first-order chi connectivity index (χ1) is 13.3. The van der Waals surface area contributed by atoms with Gasteiger partial charge in [0.05, 0.1) is 13.2 Å². The van der Waals surface area contributed by atoms with Crippen molar-refractivity contribution in [2.45, 2.75) is 52.5 Å². The molecule has 0 bridgehead atoms. The van der Waals surface area contributed by atoms with Crippen molar-refractivity contribution in [1.82, 2.24) is 4.90 Å². The van der Waals surface area contributed by atoms with E-state index in [0.717, 1.165) is 24.1 Å². The highest BCUT2D eigenvalue weighted by Crippen LogP contribution is 2.44. The van der Waals surface area contributed by atoms with Crippen LogP contribution in [0.3, 0.4) is 0 Å². The van der Waals surface area contributed by atoms with Crippen LogP contribution in [0.4, 0.5) is 5.69 Å². The second-order valence-corrected chi connectivity index (χ2v) is 8.50. The first kappa shape index (κ1) is 20.4. The van der Waals surface area contributed by atoms with E-state index in [0.29, 0.717) is 32.2 Å². The van der Waals surface area contributed by atoms with Gasteiger partial charge in [-0.05, 0) is 74.9 Å². The van der Waals surface area contributed by atoms with Gasteiger partial charge in [-0.25, -0.2) is 0 Å². The van der Waals surface area contributed by atoms with Crippen LogP contribution in [0.2, 0.25) is 0 Å². The van der Waals surface area contributed by atoms with Crippen LogP contribution in [0.5, 0.6) is 0 Å². The molecule has 1 aromatic carbocycles. The fourth-order valence-electron chi connectivity index (χ4n) is 4.64. The highest BCUT2D eigenvalue weighted by molar-refractivity contribution is 6.02. The number of carbonyl (C=O) groups is 1. The molecule has 1 aromatic rings. The molecule has 0 radical (unpaired) electrons. The number of hydrogen-bond acceptors (Lipinski definition) is 4. The van der Waals surface area contributed by atoms with E-state index in [4.69, 9.17) is 4.74 Å². The van der Waals surface area contributed by atoms with Gasteiger partial charge in [0.2, 0.25) is 0 Å². The molecule has 2 heterocycles. The molecule has 0 N–H and O–H groups in total. The number of nitriles is 1. The van der Waals surface area contributed by atoms with Gasteiger partial charge in [-0.3, -0.25) is 4.79 Å². The van der Waals surface area contributed by atoms with Crippen molar-refractivity contribution in [1.29, 1.82) is 5.26 Å². The van der Waals surface area contributed by atoms with Crippen molar-refractivity contribution in [3.05, 3.63) is 34.4 Å². The monoisotopic (exact) mass is 381 g/mol. The molecule has 3 rings (SSSR count). The van der Waals surface area contributed by atoms with Crippen molar-refractivity contribution >= 4 is 17.7 Å². The number of nitrogens with zero attached hydrogens (tertiary/aromatic N) is 3. The van der Waals surface area contributed by atoms with Crippen LogP contribution in [-0.4, -0.2) is 49.2 Å². The fourth-order valence-corrected chi connectivity index (χ4v) is 4.64. The van der Waals surface area contributed by atoms with Gasteiger partial charge in [0.1, 0.15) is 11.6 Å². The summed E-state index contributed by atoms with van der Waals surface area (Å²) in [6, 6.07) is 6.51. The van der Waals surface area contributed by atoms with Crippen LogP contribution >= 0.6 is 0 Å². The topological polar surface area (TPSA) is 56.6 Å². The Labute approximate surface area is 168 Å². The Morgan fingerprint density at radius 3 is 2.64 bits per heavy atom. The predicted molar refractivity (Wildman–Crippen MR) is 112 cm³/mol. The molecule has 28 heavy (non-hydrogen) atoms. The van der Waals surface area contributed by atoms with E-state index >= 15 is 0 Å². The Balaban J connectivity index is 1.99. The van der Waals surface area contributed by atoms with Gasteiger partial charge < -0.3 is 14.5 Å². The summed E-state index contributed by atoms with van der Waals surface area (Å²) in [5.74, 6) is 0.230. The molecule has 1 atom stereocenters. The zero-order valence-corrected chi connectivity index (χ0v) is 17.7. The third-order valence-electron chi connectivity index (χ3n) is 6.04. The molecular weight excluding hydrogens is 350 g/mol. The fraction of sp³-hybridized carbons (Fsp3) is 0.565. The summed E-state index contributed by atoms with van der Waals surface area (Å²) < 4.78 is 5.31. The van der Waals surface area contributed by atoms with Gasteiger partial charge in [-0.15, -0.1) is 0 Å². The molecule has 1 unspecified atom stereocenters. The zero-order valence-electron chi connectivity index (χ0n) is 17.7. The second-order valence-electron chi connectivity index (χ2n) is 8.50. The maximum Gasteiger partial charge on any atom is 0.264 e. The third-order valence-corrected chi connectivity index (χ3v) is 6.04. The predicted octanol–water partition coefficient (Wildman–Crippen LogP) is 3.87. The number of morpholine rings is 1. The summed E-state index contributed by atoms with van der Waals surface area (Å²) >= 11 is 0. The SMILES string of the molecule is CCN1c2cc(C)c(/C=C(\C#N)C(=O)N3CCOCC3)cc2C(C)CC1(C)C. The molecular formula is C23H31N3O2. The lowest BCUT2D eigenvalue weighted by molar-refractivity contribution is -0.130. The van der Waals surface area contributed by atoms with Crippen molar-refractivity contribution in [3.8, 4) is 6.07 Å². The number of rotatable bonds is 3. The third kappa shape index (κ3) is 3.79. The minimum atomic E-state index is -0.202. The molecule has 0 spiro atoms. The van der Waals surface area contributed by atoms with Crippen molar-refractivity contribution in [2.24, 2.45) is 0 Å². The molecule has 2 aliphatic heterocycles. The molecule has 5 heteroatoms. The number of amides is 1. The first-order valence-corrected chi connectivity index (χ1v) is 10.2. The van der Waals surface area contributed by atoms with E-state index in [1.165, 1.54) is 11.3 Å². The molecule has 1 fully saturated rings. The van der Waals surface area contributed by atoms with E-state index in [1.54, 1.807) is 11.0 Å². The second kappa shape index (κ2) is 7.97. The van der Waals surface area contributed by atoms with Gasteiger partial charge in [0, 0.05) is 30.9 Å². The molecule has 150 valence electrons. The van der Waals surface area contributed by atoms with Gasteiger partial charge >= 0.3 is 0 Å². The van der Waals surface area contributed by atoms with Crippen LogP contribution in [0, 0.1) is 18.3 Å². The quantitative estimate of drug-likeness (QED) is 0.589. The Morgan fingerprint density at radius 1 is 1.36 bits per heavy atom. The molecule has 1 amide bonds. The van der Waals surface area contributed by atoms with Gasteiger partial charge in [0.15, 0.2) is 0 Å². The average molecular weight is 382 g/mol. The summed E-state index contributed by atoms with van der Waals surface area (Å²) in [4.78, 5) is 16.9. The zero-order chi connectivity index (χ0) is 20.5. The maximum atomic E-state index is 12.8. The van der Waals surface area contributed by atoms with E-state index < -0.39 is 0 Å². The highest BCUT2D eigenvalue weighted by Gasteiger charge is 2.35. The van der Waals surface area contributed by atoms with E-state index in [-0.39, 0.29) is 17.0 Å². The first-order valence-electron chi connectivity index (χ1n) is 10.2. The van der Waals surface area contributed by atoms with Crippen LogP contribution in [0.15, 0.2) is 17.7 Å². The summed E-state index contributed by atoms with van der Waals surface area (Å²) in [5, 5.41) is 9.61. The van der Waals surface area contributed by atoms with Gasteiger partial charge in [0.25, 0.3) is 5.91 Å². The minimum absolute atomic E-state index is 0.120. The summed E-state index contributed by atoms with van der Waals surface area (Å²) in [6.45, 7) is 14.2. The average Bonchev–Trinajstić information content (AvgIpc) is 2.66. The molecule has 0 aromatic heterocycles. The van der Waals surface area contributed by atoms with Crippen LogP contribution in [-0.2, 0) is 9.53 Å². The number of hydrogen-bond donors (Lipinski definition) is 0. The number of fused-ring (bicyclic) bond motifs is 1. The van der Waals surface area contributed by atoms with E-state index in [2.05, 4.69) is 57.7 Å². The highest BCUT2D eigenvalue weighted by atomic mass is 16.5. The molecule has 5 nitrogen and oxygen atoms in total. The lowest BCUT2D eigenvalue weighted by atomic mass is 9.79. The molecule has 2 aliphatic rings. The number of benzene rings is 1. The number of ether oxygens (including phenoxy) is 1. The molecule has 0 aliphatic carbocycles. The smallest absolute Gasteiger partial charge is 0.264 e. The molecule has 1 saturated heterocycles. The van der Waals surface area contributed by atoms with E-state index in [1.807, 2.05) is 0 Å². The normalized spacial score (nSPS) is 21.9. The number of anilines is 1. The maximum absolute atomic E-state index is 12.8. The summed E-state index contributed by atoms with van der Waals surface area (Å²) in [5.41, 5.74) is 4.94. The van der Waals surface area contributed by atoms with Gasteiger partial charge in [-0.1, -0.05) is 6.92 Å². The Hall–Kier alpha value is -2.32. The molecule has 0 saturated carbocycles. The van der Waals surface area contributed by atoms with Crippen LogP contribution < -0.4 is 4.90 Å². The van der Waals surface area contributed by atoms with Crippen molar-refractivity contribution in [3.63, 3.8) is 0 Å². The Kier molecular flexibility index (Phi) is 5.81. The van der Waals surface area contributed by atoms with Crippen LogP contribution in [0.1, 0.15) is 56.7 Å². The van der Waals surface area contributed by atoms with Gasteiger partial charge in [-0.2, -0.15) is 5.26 Å². The number of aryl methyl sites for hydroxylation is 1. The standard InChI is InChI=1S/C23H31N3O2/c1-6-26-21-11-16(2)18(13-20(21)17(3)14-23(26,4)5)12-19(15-24)22(27)25-7-9-28-10-8-25/h11-13,17H,6-10,14H2,1-5H3/b19-12+. The largest absolute Gasteiger partial charge is 0.378 e.